The SMILES string of the molecule is O=c1ccc(CN2CCC3(CC2)OCCc2c3[nH]c3ccccc23)c[nH]1. The van der Waals surface area contributed by atoms with Gasteiger partial charge in [0.25, 0.3) is 0 Å². The number of aromatic amines is 2. The minimum absolute atomic E-state index is 0.0479. The summed E-state index contributed by atoms with van der Waals surface area (Å²) in [4.78, 5) is 20.1. The number of H-pyrrole nitrogens is 2. The van der Waals surface area contributed by atoms with Gasteiger partial charge in [0.15, 0.2) is 0 Å². The van der Waals surface area contributed by atoms with E-state index in [1.54, 1.807) is 6.07 Å². The number of likely N-dealkylation sites (tertiary alicyclic amines) is 1. The third kappa shape index (κ3) is 2.59. The summed E-state index contributed by atoms with van der Waals surface area (Å²) < 4.78 is 6.37. The Kier molecular flexibility index (Phi) is 3.72. The molecule has 0 radical (unpaired) electrons. The Labute approximate surface area is 152 Å². The van der Waals surface area contributed by atoms with Gasteiger partial charge >= 0.3 is 0 Å². The van der Waals surface area contributed by atoms with E-state index in [-0.39, 0.29) is 11.2 Å². The van der Waals surface area contributed by atoms with Crippen LogP contribution in [0.25, 0.3) is 10.9 Å². The first-order valence-electron chi connectivity index (χ1n) is 9.38. The van der Waals surface area contributed by atoms with Crippen LogP contribution < -0.4 is 5.56 Å². The van der Waals surface area contributed by atoms with Gasteiger partial charge in [-0.2, -0.15) is 0 Å². The lowest BCUT2D eigenvalue weighted by Gasteiger charge is -2.43. The topological polar surface area (TPSA) is 61.1 Å². The maximum atomic E-state index is 11.2. The van der Waals surface area contributed by atoms with E-state index in [1.165, 1.54) is 22.2 Å². The lowest BCUT2D eigenvalue weighted by atomic mass is 9.83. The molecular formula is C21H23N3O2. The van der Waals surface area contributed by atoms with Crippen LogP contribution in [0.15, 0.2) is 47.4 Å². The van der Waals surface area contributed by atoms with Gasteiger partial charge in [0.2, 0.25) is 5.56 Å². The largest absolute Gasteiger partial charge is 0.368 e. The lowest BCUT2D eigenvalue weighted by Crippen LogP contribution is -2.46. The molecule has 2 aromatic heterocycles. The van der Waals surface area contributed by atoms with E-state index in [4.69, 9.17) is 4.74 Å². The summed E-state index contributed by atoms with van der Waals surface area (Å²) in [5.74, 6) is 0. The number of nitrogens with one attached hydrogen (secondary N) is 2. The minimum atomic E-state index is -0.173. The number of benzene rings is 1. The van der Waals surface area contributed by atoms with Crippen LogP contribution in [0.4, 0.5) is 0 Å². The van der Waals surface area contributed by atoms with E-state index in [0.29, 0.717) is 0 Å². The zero-order chi connectivity index (χ0) is 17.6. The van der Waals surface area contributed by atoms with Gasteiger partial charge in [-0.3, -0.25) is 9.69 Å². The number of nitrogens with zero attached hydrogens (tertiary/aromatic N) is 1. The first-order chi connectivity index (χ1) is 12.7. The monoisotopic (exact) mass is 349 g/mol. The Morgan fingerprint density at radius 3 is 2.77 bits per heavy atom. The predicted molar refractivity (Wildman–Crippen MR) is 101 cm³/mol. The molecular weight excluding hydrogens is 326 g/mol. The maximum absolute atomic E-state index is 11.2. The molecule has 26 heavy (non-hydrogen) atoms. The van der Waals surface area contributed by atoms with Crippen LogP contribution >= 0.6 is 0 Å². The van der Waals surface area contributed by atoms with E-state index < -0.39 is 0 Å². The number of hydrogen-bond acceptors (Lipinski definition) is 3. The third-order valence-electron chi connectivity index (χ3n) is 5.92. The zero-order valence-corrected chi connectivity index (χ0v) is 14.8. The van der Waals surface area contributed by atoms with Crippen molar-refractivity contribution in [2.24, 2.45) is 0 Å². The van der Waals surface area contributed by atoms with Crippen molar-refractivity contribution in [3.8, 4) is 0 Å². The molecule has 0 amide bonds. The summed E-state index contributed by atoms with van der Waals surface area (Å²) in [6.07, 6.45) is 4.80. The number of rotatable bonds is 2. The molecule has 1 spiro atoms. The molecule has 1 fully saturated rings. The molecule has 1 aromatic carbocycles. The van der Waals surface area contributed by atoms with Crippen LogP contribution in [-0.4, -0.2) is 34.6 Å². The predicted octanol–water partition coefficient (Wildman–Crippen LogP) is 2.92. The molecule has 5 heteroatoms. The highest BCUT2D eigenvalue weighted by atomic mass is 16.5. The van der Waals surface area contributed by atoms with Crippen LogP contribution in [0, 0.1) is 0 Å². The maximum Gasteiger partial charge on any atom is 0.247 e. The molecule has 0 saturated carbocycles. The zero-order valence-electron chi connectivity index (χ0n) is 14.8. The van der Waals surface area contributed by atoms with Crippen molar-refractivity contribution >= 4 is 10.9 Å². The standard InChI is InChI=1S/C21H23N3O2/c25-19-6-5-15(13-22-19)14-24-10-8-21(9-11-24)20-17(7-12-26-21)16-3-1-2-4-18(16)23-20/h1-6,13,23H,7-12,14H2,(H,22,25). The van der Waals surface area contributed by atoms with Gasteiger partial charge in [-0.05, 0) is 36.5 Å². The molecule has 3 aromatic rings. The Hall–Kier alpha value is -2.37. The first kappa shape index (κ1) is 15.9. The highest BCUT2D eigenvalue weighted by molar-refractivity contribution is 5.85. The number of hydrogen-bond donors (Lipinski definition) is 2. The average Bonchev–Trinajstić information content (AvgIpc) is 3.06. The van der Waals surface area contributed by atoms with Gasteiger partial charge in [-0.25, -0.2) is 0 Å². The second-order valence-corrected chi connectivity index (χ2v) is 7.45. The van der Waals surface area contributed by atoms with Crippen molar-refractivity contribution in [1.29, 1.82) is 0 Å². The second-order valence-electron chi connectivity index (χ2n) is 7.45. The van der Waals surface area contributed by atoms with Crippen LogP contribution in [0.3, 0.4) is 0 Å². The van der Waals surface area contributed by atoms with Crippen molar-refractivity contribution in [1.82, 2.24) is 14.9 Å². The minimum Gasteiger partial charge on any atom is -0.368 e. The molecule has 2 aliphatic heterocycles. The quantitative estimate of drug-likeness (QED) is 0.748. The van der Waals surface area contributed by atoms with Gasteiger partial charge in [-0.15, -0.1) is 0 Å². The molecule has 0 unspecified atom stereocenters. The Balaban J connectivity index is 1.38. The van der Waals surface area contributed by atoms with E-state index in [9.17, 15) is 4.79 Å². The average molecular weight is 349 g/mol. The highest BCUT2D eigenvalue weighted by Crippen LogP contribution is 2.43. The van der Waals surface area contributed by atoms with Crippen molar-refractivity contribution < 1.29 is 4.74 Å². The number of fused-ring (bicyclic) bond motifs is 4. The Morgan fingerprint density at radius 2 is 1.96 bits per heavy atom. The molecule has 5 nitrogen and oxygen atoms in total. The normalized spacial score (nSPS) is 19.7. The van der Waals surface area contributed by atoms with E-state index in [0.717, 1.165) is 51.1 Å². The smallest absolute Gasteiger partial charge is 0.247 e. The second kappa shape index (κ2) is 6.11. The molecule has 2 N–H and O–H groups in total. The molecule has 1 saturated heterocycles. The molecule has 5 rings (SSSR count). The molecule has 0 bridgehead atoms. The Bertz CT molecular complexity index is 975. The van der Waals surface area contributed by atoms with Gasteiger partial charge in [0, 0.05) is 42.8 Å². The molecule has 0 atom stereocenters. The number of aromatic nitrogens is 2. The molecule has 4 heterocycles. The van der Waals surface area contributed by atoms with E-state index in [1.807, 2.05) is 12.3 Å². The van der Waals surface area contributed by atoms with Gasteiger partial charge in [0.1, 0.15) is 5.60 Å². The third-order valence-corrected chi connectivity index (χ3v) is 5.92. The summed E-state index contributed by atoms with van der Waals surface area (Å²) >= 11 is 0. The van der Waals surface area contributed by atoms with Gasteiger partial charge in [-0.1, -0.05) is 24.3 Å². The van der Waals surface area contributed by atoms with E-state index in [2.05, 4.69) is 39.1 Å². The van der Waals surface area contributed by atoms with Gasteiger partial charge in [0.05, 0.1) is 12.3 Å². The fourth-order valence-electron chi connectivity index (χ4n) is 4.54. The summed E-state index contributed by atoms with van der Waals surface area (Å²) in [6.45, 7) is 3.66. The molecule has 134 valence electrons. The molecule has 2 aliphatic rings. The van der Waals surface area contributed by atoms with Crippen molar-refractivity contribution in [3.05, 3.63) is 69.8 Å². The van der Waals surface area contributed by atoms with Crippen LogP contribution in [0.5, 0.6) is 0 Å². The van der Waals surface area contributed by atoms with Crippen molar-refractivity contribution in [2.45, 2.75) is 31.4 Å². The summed E-state index contributed by atoms with van der Waals surface area (Å²) in [5, 5.41) is 1.35. The van der Waals surface area contributed by atoms with Crippen LogP contribution in [0.2, 0.25) is 0 Å². The fourth-order valence-corrected chi connectivity index (χ4v) is 4.54. The van der Waals surface area contributed by atoms with Crippen molar-refractivity contribution in [2.75, 3.05) is 19.7 Å². The lowest BCUT2D eigenvalue weighted by molar-refractivity contribution is -0.101. The summed E-state index contributed by atoms with van der Waals surface area (Å²) in [5.41, 5.74) is 4.89. The number of para-hydroxylation sites is 1. The van der Waals surface area contributed by atoms with Crippen LogP contribution in [-0.2, 0) is 23.3 Å². The van der Waals surface area contributed by atoms with Gasteiger partial charge < -0.3 is 14.7 Å². The number of piperidine rings is 1. The van der Waals surface area contributed by atoms with Crippen molar-refractivity contribution in [3.63, 3.8) is 0 Å². The van der Waals surface area contributed by atoms with E-state index >= 15 is 0 Å². The first-order valence-corrected chi connectivity index (χ1v) is 9.38. The summed E-state index contributed by atoms with van der Waals surface area (Å²) in [7, 11) is 0. The Morgan fingerprint density at radius 1 is 1.12 bits per heavy atom. The number of pyridine rings is 1. The highest BCUT2D eigenvalue weighted by Gasteiger charge is 2.42. The summed E-state index contributed by atoms with van der Waals surface area (Å²) in [6, 6.07) is 12.1. The van der Waals surface area contributed by atoms with Crippen LogP contribution in [0.1, 0.15) is 29.7 Å². The number of ether oxygens (including phenoxy) is 1. The molecule has 0 aliphatic carbocycles. The fraction of sp³-hybridized carbons (Fsp3) is 0.381.